The molecule has 1 N–H and O–H groups in total. The molecule has 1 heterocycles. The Morgan fingerprint density at radius 2 is 2.42 bits per heavy atom. The van der Waals surface area contributed by atoms with E-state index in [0.717, 1.165) is 11.3 Å². The molecule has 12 heavy (non-hydrogen) atoms. The number of nitrogens with one attached hydrogen (secondary N) is 1. The lowest BCUT2D eigenvalue weighted by Gasteiger charge is -1.99. The fraction of sp³-hybridized carbons (Fsp3) is 0.375. The van der Waals surface area contributed by atoms with Crippen molar-refractivity contribution >= 4 is 6.03 Å². The first-order valence-electron chi connectivity index (χ1n) is 3.75. The maximum Gasteiger partial charge on any atom is 0.342 e. The molecule has 0 unspecified atom stereocenters. The minimum absolute atomic E-state index is 0.235. The molecular weight excluding hydrogens is 154 g/mol. The minimum atomic E-state index is -0.235. The van der Waals surface area contributed by atoms with Gasteiger partial charge in [0.15, 0.2) is 0 Å². The highest BCUT2D eigenvalue weighted by atomic mass is 16.2. The van der Waals surface area contributed by atoms with Gasteiger partial charge in [-0.25, -0.2) is 4.79 Å². The van der Waals surface area contributed by atoms with Crippen molar-refractivity contribution in [1.82, 2.24) is 15.1 Å². The summed E-state index contributed by atoms with van der Waals surface area (Å²) >= 11 is 0. The highest BCUT2D eigenvalue weighted by molar-refractivity contribution is 5.75. The number of amides is 1. The summed E-state index contributed by atoms with van der Waals surface area (Å²) in [4.78, 5) is 11.2. The molecule has 0 aliphatic rings. The summed E-state index contributed by atoms with van der Waals surface area (Å²) in [5.74, 6) is 0. The Morgan fingerprint density at radius 1 is 1.75 bits per heavy atom. The van der Waals surface area contributed by atoms with Crippen molar-refractivity contribution in [2.75, 3.05) is 6.54 Å². The number of carbonyl (C=O) groups is 1. The Hall–Kier alpha value is -1.32. The Morgan fingerprint density at radius 3 is 2.83 bits per heavy atom. The number of aryl methyl sites for hydroxylation is 2. The first kappa shape index (κ1) is 8.77. The van der Waals surface area contributed by atoms with Gasteiger partial charge in [-0.1, -0.05) is 0 Å². The summed E-state index contributed by atoms with van der Waals surface area (Å²) < 4.78 is 1.29. The van der Waals surface area contributed by atoms with Gasteiger partial charge < -0.3 is 5.32 Å². The molecule has 0 saturated carbocycles. The summed E-state index contributed by atoms with van der Waals surface area (Å²) in [6, 6.07) is -0.235. The SMILES string of the molecule is [CH2]CNC(=O)n1cc(C)c(C)n1. The van der Waals surface area contributed by atoms with Gasteiger partial charge in [0, 0.05) is 12.7 Å². The highest BCUT2D eigenvalue weighted by Gasteiger charge is 2.05. The van der Waals surface area contributed by atoms with Crippen LogP contribution in [0.5, 0.6) is 0 Å². The molecule has 0 fully saturated rings. The summed E-state index contributed by atoms with van der Waals surface area (Å²) in [6.45, 7) is 7.66. The molecule has 4 nitrogen and oxygen atoms in total. The number of nitrogens with zero attached hydrogens (tertiary/aromatic N) is 2. The zero-order valence-corrected chi connectivity index (χ0v) is 7.29. The molecule has 0 saturated heterocycles. The molecule has 0 aliphatic heterocycles. The van der Waals surface area contributed by atoms with Crippen LogP contribution in [0.15, 0.2) is 6.20 Å². The molecule has 1 radical (unpaired) electrons. The van der Waals surface area contributed by atoms with E-state index >= 15 is 0 Å². The summed E-state index contributed by atoms with van der Waals surface area (Å²) in [5.41, 5.74) is 1.88. The van der Waals surface area contributed by atoms with Gasteiger partial charge in [-0.05, 0) is 26.3 Å². The average Bonchev–Trinajstić information content (AvgIpc) is 2.33. The molecule has 1 amide bonds. The molecule has 0 aromatic carbocycles. The van der Waals surface area contributed by atoms with Crippen LogP contribution in [0.1, 0.15) is 11.3 Å². The van der Waals surface area contributed by atoms with Gasteiger partial charge in [0.25, 0.3) is 0 Å². The second-order valence-corrected chi connectivity index (χ2v) is 2.57. The van der Waals surface area contributed by atoms with Crippen LogP contribution in [0.4, 0.5) is 4.79 Å². The van der Waals surface area contributed by atoms with E-state index < -0.39 is 0 Å². The van der Waals surface area contributed by atoms with E-state index in [9.17, 15) is 4.79 Å². The van der Waals surface area contributed by atoms with Gasteiger partial charge in [-0.3, -0.25) is 0 Å². The van der Waals surface area contributed by atoms with Crippen LogP contribution in [0, 0.1) is 20.8 Å². The molecule has 0 spiro atoms. The molecular formula is C8H12N3O. The lowest BCUT2D eigenvalue weighted by Crippen LogP contribution is -2.28. The van der Waals surface area contributed by atoms with Gasteiger partial charge in [0.05, 0.1) is 5.69 Å². The van der Waals surface area contributed by atoms with E-state index in [-0.39, 0.29) is 6.03 Å². The lowest BCUT2D eigenvalue weighted by molar-refractivity contribution is 0.240. The standard InChI is InChI=1S/C8H12N3O/c1-4-9-8(12)11-5-6(2)7(3)10-11/h5H,1,4H2,2-3H3,(H,9,12). The molecule has 1 aromatic rings. The van der Waals surface area contributed by atoms with Crippen LogP contribution >= 0.6 is 0 Å². The Balaban J connectivity index is 2.82. The van der Waals surface area contributed by atoms with Crippen LogP contribution in [0.25, 0.3) is 0 Å². The molecule has 0 atom stereocenters. The first-order valence-corrected chi connectivity index (χ1v) is 3.75. The predicted octanol–water partition coefficient (Wildman–Crippen LogP) is 0.892. The van der Waals surface area contributed by atoms with E-state index in [1.165, 1.54) is 4.68 Å². The van der Waals surface area contributed by atoms with Crippen LogP contribution in [-0.2, 0) is 0 Å². The Kier molecular flexibility index (Phi) is 2.47. The van der Waals surface area contributed by atoms with Crippen molar-refractivity contribution < 1.29 is 4.79 Å². The summed E-state index contributed by atoms with van der Waals surface area (Å²) in [6.07, 6.45) is 1.69. The van der Waals surface area contributed by atoms with E-state index in [0.29, 0.717) is 6.54 Å². The maximum atomic E-state index is 11.2. The van der Waals surface area contributed by atoms with Crippen molar-refractivity contribution in [2.45, 2.75) is 13.8 Å². The van der Waals surface area contributed by atoms with Crippen molar-refractivity contribution in [3.8, 4) is 0 Å². The van der Waals surface area contributed by atoms with E-state index in [4.69, 9.17) is 0 Å². The minimum Gasteiger partial charge on any atom is -0.336 e. The lowest BCUT2D eigenvalue weighted by atomic mass is 10.3. The quantitative estimate of drug-likeness (QED) is 0.673. The van der Waals surface area contributed by atoms with Crippen LogP contribution in [-0.4, -0.2) is 22.4 Å². The smallest absolute Gasteiger partial charge is 0.336 e. The number of carbonyl (C=O) groups excluding carboxylic acids is 1. The maximum absolute atomic E-state index is 11.2. The normalized spacial score (nSPS) is 9.92. The fourth-order valence-corrected chi connectivity index (χ4v) is 0.838. The van der Waals surface area contributed by atoms with Gasteiger partial charge >= 0.3 is 6.03 Å². The average molecular weight is 166 g/mol. The monoisotopic (exact) mass is 166 g/mol. The van der Waals surface area contributed by atoms with Gasteiger partial charge in [-0.15, -0.1) is 0 Å². The summed E-state index contributed by atoms with van der Waals surface area (Å²) in [5, 5.41) is 6.56. The topological polar surface area (TPSA) is 46.9 Å². The number of rotatable bonds is 1. The predicted molar refractivity (Wildman–Crippen MR) is 45.9 cm³/mol. The fourth-order valence-electron chi connectivity index (χ4n) is 0.838. The molecule has 1 aromatic heterocycles. The second kappa shape index (κ2) is 3.38. The Labute approximate surface area is 71.6 Å². The molecule has 65 valence electrons. The van der Waals surface area contributed by atoms with Gasteiger partial charge in [-0.2, -0.15) is 9.78 Å². The van der Waals surface area contributed by atoms with Gasteiger partial charge in [0.1, 0.15) is 0 Å². The third kappa shape index (κ3) is 1.64. The number of hydrogen-bond acceptors (Lipinski definition) is 2. The third-order valence-electron chi connectivity index (χ3n) is 1.63. The van der Waals surface area contributed by atoms with Crippen molar-refractivity contribution in [2.24, 2.45) is 0 Å². The Bertz CT molecular complexity index is 271. The third-order valence-corrected chi connectivity index (χ3v) is 1.63. The van der Waals surface area contributed by atoms with Crippen molar-refractivity contribution in [3.63, 3.8) is 0 Å². The molecule has 4 heteroatoms. The number of hydrogen-bond donors (Lipinski definition) is 1. The summed E-state index contributed by atoms with van der Waals surface area (Å²) in [7, 11) is 0. The zero-order valence-electron chi connectivity index (χ0n) is 7.29. The molecule has 0 bridgehead atoms. The van der Waals surface area contributed by atoms with E-state index in [1.54, 1.807) is 6.20 Å². The molecule has 0 aliphatic carbocycles. The molecule has 1 rings (SSSR count). The van der Waals surface area contributed by atoms with E-state index in [2.05, 4.69) is 17.3 Å². The first-order chi connectivity index (χ1) is 5.65. The van der Waals surface area contributed by atoms with E-state index in [1.807, 2.05) is 13.8 Å². The zero-order chi connectivity index (χ0) is 9.14. The van der Waals surface area contributed by atoms with Crippen LogP contribution in [0.3, 0.4) is 0 Å². The van der Waals surface area contributed by atoms with Crippen LogP contribution in [0.2, 0.25) is 0 Å². The van der Waals surface area contributed by atoms with Crippen LogP contribution < -0.4 is 5.32 Å². The number of aromatic nitrogens is 2. The highest BCUT2D eigenvalue weighted by Crippen LogP contribution is 2.01. The van der Waals surface area contributed by atoms with Gasteiger partial charge in [0.2, 0.25) is 0 Å². The van der Waals surface area contributed by atoms with Crippen molar-refractivity contribution in [3.05, 3.63) is 24.4 Å². The largest absolute Gasteiger partial charge is 0.342 e. The van der Waals surface area contributed by atoms with Crippen molar-refractivity contribution in [1.29, 1.82) is 0 Å². The second-order valence-electron chi connectivity index (χ2n) is 2.57.